The van der Waals surface area contributed by atoms with Gasteiger partial charge in [-0.15, -0.1) is 0 Å². The van der Waals surface area contributed by atoms with Crippen molar-refractivity contribution in [2.45, 2.75) is 12.8 Å². The molecule has 0 saturated heterocycles. The predicted molar refractivity (Wildman–Crippen MR) is 46.6 cm³/mol. The Labute approximate surface area is 74.7 Å². The van der Waals surface area contributed by atoms with Gasteiger partial charge < -0.3 is 4.74 Å². The first-order valence-electron chi connectivity index (χ1n) is 3.72. The summed E-state index contributed by atoms with van der Waals surface area (Å²) in [6.45, 7) is 0.481. The molecule has 0 aromatic heterocycles. The van der Waals surface area contributed by atoms with Crippen molar-refractivity contribution in [1.29, 1.82) is 0 Å². The van der Waals surface area contributed by atoms with Crippen LogP contribution >= 0.6 is 15.9 Å². The monoisotopic (exact) mass is 218 g/mol. The standard InChI is InChI=1S/C8H11BrO2/c9-5-6-11-8(10)7-3-1-2-4-7/h1-2,7H,3-6H2. The second-order valence-electron chi connectivity index (χ2n) is 2.50. The molecule has 1 aliphatic rings. The highest BCUT2D eigenvalue weighted by Gasteiger charge is 2.19. The molecule has 0 heterocycles. The van der Waals surface area contributed by atoms with Gasteiger partial charge in [0.1, 0.15) is 6.61 Å². The Morgan fingerprint density at radius 1 is 1.55 bits per heavy atom. The van der Waals surface area contributed by atoms with E-state index < -0.39 is 0 Å². The summed E-state index contributed by atoms with van der Waals surface area (Å²) in [5, 5.41) is 0.721. The van der Waals surface area contributed by atoms with E-state index in [1.54, 1.807) is 0 Å². The van der Waals surface area contributed by atoms with Gasteiger partial charge in [0, 0.05) is 5.33 Å². The molecule has 1 aliphatic carbocycles. The van der Waals surface area contributed by atoms with Gasteiger partial charge in [-0.1, -0.05) is 28.1 Å². The van der Waals surface area contributed by atoms with Crippen LogP contribution in [0.25, 0.3) is 0 Å². The molecule has 0 amide bonds. The molecular weight excluding hydrogens is 208 g/mol. The van der Waals surface area contributed by atoms with Crippen LogP contribution in [-0.2, 0) is 9.53 Å². The van der Waals surface area contributed by atoms with Crippen LogP contribution in [0.1, 0.15) is 12.8 Å². The molecule has 0 N–H and O–H groups in total. The highest BCUT2D eigenvalue weighted by atomic mass is 79.9. The smallest absolute Gasteiger partial charge is 0.309 e. The van der Waals surface area contributed by atoms with Crippen molar-refractivity contribution in [2.75, 3.05) is 11.9 Å². The molecule has 0 bridgehead atoms. The Morgan fingerprint density at radius 3 is 2.73 bits per heavy atom. The number of carbonyl (C=O) groups excluding carboxylic acids is 1. The number of allylic oxidation sites excluding steroid dienone is 2. The van der Waals surface area contributed by atoms with Crippen molar-refractivity contribution in [2.24, 2.45) is 5.92 Å². The number of hydrogen-bond donors (Lipinski definition) is 0. The number of alkyl halides is 1. The van der Waals surface area contributed by atoms with E-state index in [1.165, 1.54) is 0 Å². The first-order valence-corrected chi connectivity index (χ1v) is 4.84. The van der Waals surface area contributed by atoms with Gasteiger partial charge >= 0.3 is 5.97 Å². The summed E-state index contributed by atoms with van der Waals surface area (Å²) >= 11 is 3.19. The van der Waals surface area contributed by atoms with E-state index in [1.807, 2.05) is 12.2 Å². The first kappa shape index (κ1) is 8.78. The van der Waals surface area contributed by atoms with E-state index in [9.17, 15) is 4.79 Å². The fourth-order valence-electron chi connectivity index (χ4n) is 1.07. The third-order valence-corrected chi connectivity index (χ3v) is 1.99. The summed E-state index contributed by atoms with van der Waals surface area (Å²) in [4.78, 5) is 11.1. The fourth-order valence-corrected chi connectivity index (χ4v) is 1.23. The maximum Gasteiger partial charge on any atom is 0.309 e. The van der Waals surface area contributed by atoms with Crippen LogP contribution < -0.4 is 0 Å². The number of esters is 1. The average molecular weight is 219 g/mol. The summed E-state index contributed by atoms with van der Waals surface area (Å²) in [5.74, 6) is 0.0310. The van der Waals surface area contributed by atoms with Crippen LogP contribution in [0.5, 0.6) is 0 Å². The van der Waals surface area contributed by atoms with Gasteiger partial charge in [-0.05, 0) is 12.8 Å². The Hall–Kier alpha value is -0.310. The lowest BCUT2D eigenvalue weighted by Gasteiger charge is -2.07. The van der Waals surface area contributed by atoms with Crippen molar-refractivity contribution >= 4 is 21.9 Å². The highest BCUT2D eigenvalue weighted by molar-refractivity contribution is 9.09. The zero-order valence-electron chi connectivity index (χ0n) is 6.25. The topological polar surface area (TPSA) is 26.3 Å². The lowest BCUT2D eigenvalue weighted by Crippen LogP contribution is -2.15. The summed E-state index contributed by atoms with van der Waals surface area (Å²) < 4.78 is 4.95. The number of halogens is 1. The summed E-state index contributed by atoms with van der Waals surface area (Å²) in [6.07, 6.45) is 5.75. The lowest BCUT2D eigenvalue weighted by atomic mass is 10.1. The molecule has 0 radical (unpaired) electrons. The van der Waals surface area contributed by atoms with E-state index in [0.29, 0.717) is 6.61 Å². The third kappa shape index (κ3) is 2.66. The number of ether oxygens (including phenoxy) is 1. The van der Waals surface area contributed by atoms with Gasteiger partial charge in [-0.3, -0.25) is 4.79 Å². The maximum atomic E-state index is 11.1. The highest BCUT2D eigenvalue weighted by Crippen LogP contribution is 2.18. The molecule has 62 valence electrons. The van der Waals surface area contributed by atoms with Crippen LogP contribution in [0, 0.1) is 5.92 Å². The molecule has 0 saturated carbocycles. The molecule has 0 fully saturated rings. The number of rotatable bonds is 3. The number of hydrogen-bond acceptors (Lipinski definition) is 2. The molecule has 3 heteroatoms. The Kier molecular flexibility index (Phi) is 3.63. The molecular formula is C8H11BrO2. The van der Waals surface area contributed by atoms with E-state index in [-0.39, 0.29) is 11.9 Å². The van der Waals surface area contributed by atoms with Crippen molar-refractivity contribution in [3.63, 3.8) is 0 Å². The Balaban J connectivity index is 2.19. The first-order chi connectivity index (χ1) is 5.34. The van der Waals surface area contributed by atoms with E-state index in [4.69, 9.17) is 4.74 Å². The molecule has 0 aromatic rings. The van der Waals surface area contributed by atoms with Gasteiger partial charge in [0.25, 0.3) is 0 Å². The molecule has 0 spiro atoms. The summed E-state index contributed by atoms with van der Waals surface area (Å²) in [7, 11) is 0. The molecule has 11 heavy (non-hydrogen) atoms. The molecule has 0 aromatic carbocycles. The lowest BCUT2D eigenvalue weighted by molar-refractivity contribution is -0.147. The van der Waals surface area contributed by atoms with Crippen LogP contribution in [0.2, 0.25) is 0 Å². The van der Waals surface area contributed by atoms with E-state index in [2.05, 4.69) is 15.9 Å². The van der Waals surface area contributed by atoms with Crippen molar-refractivity contribution in [1.82, 2.24) is 0 Å². The minimum absolute atomic E-state index is 0.0607. The fraction of sp³-hybridized carbons (Fsp3) is 0.625. The molecule has 0 aliphatic heterocycles. The summed E-state index contributed by atoms with van der Waals surface area (Å²) in [6, 6.07) is 0. The quantitative estimate of drug-likeness (QED) is 0.411. The van der Waals surface area contributed by atoms with E-state index in [0.717, 1.165) is 18.2 Å². The minimum Gasteiger partial charge on any atom is -0.465 e. The van der Waals surface area contributed by atoms with Crippen molar-refractivity contribution in [3.8, 4) is 0 Å². The van der Waals surface area contributed by atoms with Crippen LogP contribution in [0.3, 0.4) is 0 Å². The van der Waals surface area contributed by atoms with Crippen LogP contribution in [0.15, 0.2) is 12.2 Å². The zero-order chi connectivity index (χ0) is 8.10. The maximum absolute atomic E-state index is 11.1. The van der Waals surface area contributed by atoms with Gasteiger partial charge in [0.05, 0.1) is 5.92 Å². The summed E-state index contributed by atoms with van der Waals surface area (Å²) in [5.41, 5.74) is 0. The molecule has 1 rings (SSSR count). The SMILES string of the molecule is O=C(OCCBr)C1CC=CC1. The third-order valence-electron chi connectivity index (χ3n) is 1.66. The van der Waals surface area contributed by atoms with Gasteiger partial charge in [0.2, 0.25) is 0 Å². The van der Waals surface area contributed by atoms with Gasteiger partial charge in [0.15, 0.2) is 0 Å². The van der Waals surface area contributed by atoms with Crippen molar-refractivity contribution in [3.05, 3.63) is 12.2 Å². The molecule has 0 atom stereocenters. The van der Waals surface area contributed by atoms with E-state index >= 15 is 0 Å². The minimum atomic E-state index is -0.0607. The van der Waals surface area contributed by atoms with Crippen LogP contribution in [0.4, 0.5) is 0 Å². The van der Waals surface area contributed by atoms with Crippen LogP contribution in [-0.4, -0.2) is 17.9 Å². The molecule has 2 nitrogen and oxygen atoms in total. The molecule has 0 unspecified atom stereocenters. The van der Waals surface area contributed by atoms with Crippen molar-refractivity contribution < 1.29 is 9.53 Å². The Bertz CT molecular complexity index is 157. The zero-order valence-corrected chi connectivity index (χ0v) is 7.84. The normalized spacial score (nSPS) is 17.2. The second kappa shape index (κ2) is 4.54. The Morgan fingerprint density at radius 2 is 2.18 bits per heavy atom. The van der Waals surface area contributed by atoms with Gasteiger partial charge in [-0.25, -0.2) is 0 Å². The van der Waals surface area contributed by atoms with Gasteiger partial charge in [-0.2, -0.15) is 0 Å². The largest absolute Gasteiger partial charge is 0.465 e. The average Bonchev–Trinajstić information content (AvgIpc) is 2.52. The second-order valence-corrected chi connectivity index (χ2v) is 3.29. The number of carbonyl (C=O) groups is 1. The predicted octanol–water partition coefficient (Wildman–Crippen LogP) is 1.89.